The van der Waals surface area contributed by atoms with Crippen molar-refractivity contribution in [3.05, 3.63) is 29.8 Å². The summed E-state index contributed by atoms with van der Waals surface area (Å²) in [6.45, 7) is 11.4. The highest BCUT2D eigenvalue weighted by atomic mass is 16.5. The number of phenolic OH excluding ortho intramolecular Hbond substituents is 1. The molecular formula is C25H38O4. The summed E-state index contributed by atoms with van der Waals surface area (Å²) in [6, 6.07) is 6.46. The van der Waals surface area contributed by atoms with Gasteiger partial charge in [0.25, 0.3) is 0 Å². The molecular weight excluding hydrogens is 364 g/mol. The van der Waals surface area contributed by atoms with Gasteiger partial charge in [0.2, 0.25) is 0 Å². The summed E-state index contributed by atoms with van der Waals surface area (Å²) in [4.78, 5) is 23.4. The van der Waals surface area contributed by atoms with Crippen molar-refractivity contribution in [1.82, 2.24) is 0 Å². The van der Waals surface area contributed by atoms with Crippen LogP contribution in [0.15, 0.2) is 24.3 Å². The number of Topliss-reactive ketones (excluding diaryl/α,β-unsaturated/α-hetero) is 1. The highest BCUT2D eigenvalue weighted by Gasteiger charge is 2.61. The maximum Gasteiger partial charge on any atom is 0.341 e. The Labute approximate surface area is 176 Å². The summed E-state index contributed by atoms with van der Waals surface area (Å²) in [5, 5.41) is 9.54. The molecule has 2 aliphatic rings. The molecule has 0 aromatic heterocycles. The zero-order valence-corrected chi connectivity index (χ0v) is 18.8. The van der Waals surface area contributed by atoms with Crippen LogP contribution in [0.25, 0.3) is 0 Å². The SMILES string of the molecule is CC12CCC(CC1=O)C2(C)C.CCCCC(CC)COC(=O)c1ccccc1O. The van der Waals surface area contributed by atoms with Crippen molar-refractivity contribution in [1.29, 1.82) is 0 Å². The van der Waals surface area contributed by atoms with E-state index in [1.807, 2.05) is 0 Å². The second-order valence-corrected chi connectivity index (χ2v) is 9.45. The molecule has 0 radical (unpaired) electrons. The summed E-state index contributed by atoms with van der Waals surface area (Å²) >= 11 is 0. The van der Waals surface area contributed by atoms with Crippen LogP contribution < -0.4 is 0 Å². The van der Waals surface area contributed by atoms with Crippen LogP contribution in [0.2, 0.25) is 0 Å². The van der Waals surface area contributed by atoms with Gasteiger partial charge in [-0.15, -0.1) is 0 Å². The van der Waals surface area contributed by atoms with E-state index < -0.39 is 5.97 Å². The molecule has 4 heteroatoms. The van der Waals surface area contributed by atoms with Gasteiger partial charge < -0.3 is 9.84 Å². The number of esters is 1. The lowest BCUT2D eigenvalue weighted by molar-refractivity contribution is -0.128. The van der Waals surface area contributed by atoms with Gasteiger partial charge in [-0.1, -0.05) is 66.0 Å². The maximum atomic E-state index is 11.8. The molecule has 2 aliphatic carbocycles. The fourth-order valence-corrected chi connectivity index (χ4v) is 4.72. The van der Waals surface area contributed by atoms with E-state index in [1.54, 1.807) is 18.2 Å². The quantitative estimate of drug-likeness (QED) is 0.554. The van der Waals surface area contributed by atoms with Crippen molar-refractivity contribution in [3.8, 4) is 5.75 Å². The third-order valence-electron chi connectivity index (χ3n) is 7.60. The largest absolute Gasteiger partial charge is 0.507 e. The highest BCUT2D eigenvalue weighted by Crippen LogP contribution is 2.63. The number of para-hydroxylation sites is 1. The zero-order chi connectivity index (χ0) is 21.7. The molecule has 2 fully saturated rings. The van der Waals surface area contributed by atoms with Gasteiger partial charge in [-0.25, -0.2) is 4.79 Å². The van der Waals surface area contributed by atoms with Crippen LogP contribution in [0, 0.1) is 22.7 Å². The molecule has 0 amide bonds. The third-order valence-corrected chi connectivity index (χ3v) is 7.60. The number of ketones is 1. The predicted octanol–water partition coefficient (Wildman–Crippen LogP) is 6.17. The first-order valence-corrected chi connectivity index (χ1v) is 11.2. The monoisotopic (exact) mass is 402 g/mol. The first kappa shape index (κ1) is 23.4. The van der Waals surface area contributed by atoms with Crippen molar-refractivity contribution in [2.45, 2.75) is 79.6 Å². The Kier molecular flexibility index (Phi) is 7.90. The second-order valence-electron chi connectivity index (χ2n) is 9.45. The average Bonchev–Trinajstić information content (AvgIpc) is 3.02. The van der Waals surface area contributed by atoms with Crippen LogP contribution in [-0.4, -0.2) is 23.5 Å². The summed E-state index contributed by atoms with van der Waals surface area (Å²) in [5.41, 5.74) is 0.546. The van der Waals surface area contributed by atoms with Crippen LogP contribution in [0.1, 0.15) is 89.9 Å². The molecule has 2 saturated carbocycles. The summed E-state index contributed by atoms with van der Waals surface area (Å²) < 4.78 is 5.26. The Bertz CT molecular complexity index is 709. The van der Waals surface area contributed by atoms with Crippen molar-refractivity contribution >= 4 is 11.8 Å². The van der Waals surface area contributed by atoms with Crippen molar-refractivity contribution in [2.75, 3.05) is 6.61 Å². The standard InChI is InChI=1S/C15H22O3.C10H16O/c1-3-5-8-12(4-2)11-18-15(17)13-9-6-7-10-14(13)16;1-9(2)7-4-5-10(9,3)8(11)6-7/h6-7,9-10,12,16H,3-5,8,11H2,1-2H3;7H,4-6H2,1-3H3. The number of rotatable bonds is 7. The fraction of sp³-hybridized carbons (Fsp3) is 0.680. The number of fused-ring (bicyclic) bond motifs is 2. The molecule has 0 spiro atoms. The summed E-state index contributed by atoms with van der Waals surface area (Å²) in [7, 11) is 0. The molecule has 1 aromatic carbocycles. The molecule has 3 unspecified atom stereocenters. The van der Waals surface area contributed by atoms with Gasteiger partial charge in [-0.05, 0) is 48.6 Å². The average molecular weight is 403 g/mol. The summed E-state index contributed by atoms with van der Waals surface area (Å²) in [6.07, 6.45) is 7.66. The van der Waals surface area contributed by atoms with Crippen molar-refractivity contribution < 1.29 is 19.4 Å². The normalized spacial score (nSPS) is 25.3. The Morgan fingerprint density at radius 1 is 1.24 bits per heavy atom. The lowest BCUT2D eigenvalue weighted by atomic mass is 9.70. The van der Waals surface area contributed by atoms with Gasteiger partial charge in [0.1, 0.15) is 17.1 Å². The molecule has 3 rings (SSSR count). The molecule has 3 atom stereocenters. The molecule has 0 aliphatic heterocycles. The number of aromatic hydroxyl groups is 1. The van der Waals surface area contributed by atoms with Gasteiger partial charge >= 0.3 is 5.97 Å². The molecule has 162 valence electrons. The minimum atomic E-state index is -0.442. The van der Waals surface area contributed by atoms with Gasteiger partial charge in [-0.2, -0.15) is 0 Å². The predicted molar refractivity (Wildman–Crippen MR) is 116 cm³/mol. The van der Waals surface area contributed by atoms with E-state index in [2.05, 4.69) is 34.6 Å². The molecule has 1 aromatic rings. The van der Waals surface area contributed by atoms with Crippen LogP contribution in [0.5, 0.6) is 5.75 Å². The number of hydrogen-bond donors (Lipinski definition) is 1. The van der Waals surface area contributed by atoms with E-state index in [0.29, 0.717) is 24.2 Å². The number of ether oxygens (including phenoxy) is 1. The number of hydrogen-bond acceptors (Lipinski definition) is 4. The molecule has 0 heterocycles. The molecule has 29 heavy (non-hydrogen) atoms. The van der Waals surface area contributed by atoms with E-state index in [1.165, 1.54) is 12.5 Å². The number of benzene rings is 1. The van der Waals surface area contributed by atoms with Crippen LogP contribution in [0.4, 0.5) is 0 Å². The number of carbonyl (C=O) groups excluding carboxylic acids is 2. The first-order valence-electron chi connectivity index (χ1n) is 11.2. The topological polar surface area (TPSA) is 63.6 Å². The van der Waals surface area contributed by atoms with E-state index in [0.717, 1.165) is 38.5 Å². The van der Waals surface area contributed by atoms with Gasteiger partial charge in [0.05, 0.1) is 6.61 Å². The van der Waals surface area contributed by atoms with Crippen molar-refractivity contribution in [2.24, 2.45) is 22.7 Å². The molecule has 1 N–H and O–H groups in total. The smallest absolute Gasteiger partial charge is 0.341 e. The molecule has 0 saturated heterocycles. The first-order chi connectivity index (χ1) is 13.7. The maximum absolute atomic E-state index is 11.8. The Hall–Kier alpha value is -1.84. The zero-order valence-electron chi connectivity index (χ0n) is 18.8. The minimum Gasteiger partial charge on any atom is -0.507 e. The lowest BCUT2D eigenvalue weighted by Crippen LogP contribution is -2.32. The minimum absolute atomic E-state index is 0.0240. The van der Waals surface area contributed by atoms with Gasteiger partial charge in [-0.3, -0.25) is 4.79 Å². The fourth-order valence-electron chi connectivity index (χ4n) is 4.72. The van der Waals surface area contributed by atoms with Crippen LogP contribution in [-0.2, 0) is 9.53 Å². The molecule has 2 bridgehead atoms. The Morgan fingerprint density at radius 2 is 1.93 bits per heavy atom. The Morgan fingerprint density at radius 3 is 2.38 bits per heavy atom. The molecule has 4 nitrogen and oxygen atoms in total. The lowest BCUT2D eigenvalue weighted by Gasteiger charge is -2.32. The number of carbonyl (C=O) groups is 2. The van der Waals surface area contributed by atoms with E-state index >= 15 is 0 Å². The van der Waals surface area contributed by atoms with Crippen LogP contribution >= 0.6 is 0 Å². The highest BCUT2D eigenvalue weighted by molar-refractivity contribution is 5.92. The van der Waals surface area contributed by atoms with Crippen molar-refractivity contribution in [3.63, 3.8) is 0 Å². The van der Waals surface area contributed by atoms with E-state index in [-0.39, 0.29) is 22.1 Å². The second kappa shape index (κ2) is 9.77. The summed E-state index contributed by atoms with van der Waals surface area (Å²) in [5.74, 6) is 1.14. The number of phenols is 1. The van der Waals surface area contributed by atoms with Gasteiger partial charge in [0.15, 0.2) is 0 Å². The Balaban J connectivity index is 0.000000230. The van der Waals surface area contributed by atoms with E-state index in [4.69, 9.17) is 4.74 Å². The number of unbranched alkanes of at least 4 members (excludes halogenated alkanes) is 1. The van der Waals surface area contributed by atoms with E-state index in [9.17, 15) is 14.7 Å². The van der Waals surface area contributed by atoms with Gasteiger partial charge in [0, 0.05) is 11.8 Å². The third kappa shape index (κ3) is 5.02. The van der Waals surface area contributed by atoms with Crippen LogP contribution in [0.3, 0.4) is 0 Å².